The molecule has 0 aliphatic heterocycles. The fourth-order valence-electron chi connectivity index (χ4n) is 2.51. The van der Waals surface area contributed by atoms with Gasteiger partial charge in [-0.3, -0.25) is 4.79 Å². The molecule has 0 aromatic heterocycles. The summed E-state index contributed by atoms with van der Waals surface area (Å²) in [5.41, 5.74) is 0.684. The summed E-state index contributed by atoms with van der Waals surface area (Å²) >= 11 is 0. The van der Waals surface area contributed by atoms with Gasteiger partial charge in [0.05, 0.1) is 6.10 Å². The first-order valence-corrected chi connectivity index (χ1v) is 4.96. The molecule has 0 spiro atoms. The Hall–Kier alpha value is -0.630. The number of aliphatic hydroxyl groups excluding tert-OH is 1. The van der Waals surface area contributed by atoms with Gasteiger partial charge in [-0.25, -0.2) is 0 Å². The normalized spacial score (nSPS) is 37.2. The highest BCUT2D eigenvalue weighted by atomic mass is 16.3. The molecular weight excluding hydrogens is 164 g/mol. The largest absolute Gasteiger partial charge is 0.392 e. The minimum atomic E-state index is -0.355. The zero-order valence-electron chi connectivity index (χ0n) is 8.21. The van der Waals surface area contributed by atoms with Crippen LogP contribution in [0.5, 0.6) is 0 Å². The van der Waals surface area contributed by atoms with Gasteiger partial charge in [0.15, 0.2) is 5.78 Å². The predicted molar refractivity (Wildman–Crippen MR) is 50.2 cm³/mol. The summed E-state index contributed by atoms with van der Waals surface area (Å²) in [6.45, 7) is 3.99. The zero-order valence-corrected chi connectivity index (χ0v) is 8.21. The van der Waals surface area contributed by atoms with Crippen molar-refractivity contribution in [2.75, 3.05) is 0 Å². The van der Waals surface area contributed by atoms with E-state index < -0.39 is 0 Å². The highest BCUT2D eigenvalue weighted by Crippen LogP contribution is 2.44. The van der Waals surface area contributed by atoms with Crippen LogP contribution in [0.25, 0.3) is 0 Å². The van der Waals surface area contributed by atoms with Gasteiger partial charge in [-0.05, 0) is 18.4 Å². The third kappa shape index (κ3) is 1.24. The van der Waals surface area contributed by atoms with Gasteiger partial charge in [-0.1, -0.05) is 19.9 Å². The Labute approximate surface area is 78.6 Å². The first-order chi connectivity index (χ1) is 6.02. The SMILES string of the molecule is CC1(C)C=C2C(=O)CCC[C@@H]2[C@@H]1O. The van der Waals surface area contributed by atoms with Crippen molar-refractivity contribution in [2.45, 2.75) is 39.2 Å². The Bertz CT molecular complexity index is 276. The molecule has 0 unspecified atom stereocenters. The van der Waals surface area contributed by atoms with Crippen molar-refractivity contribution in [1.29, 1.82) is 0 Å². The van der Waals surface area contributed by atoms with Gasteiger partial charge in [0.1, 0.15) is 0 Å². The van der Waals surface area contributed by atoms with E-state index in [-0.39, 0.29) is 23.2 Å². The van der Waals surface area contributed by atoms with Crippen molar-refractivity contribution in [1.82, 2.24) is 0 Å². The van der Waals surface area contributed by atoms with Crippen molar-refractivity contribution in [2.24, 2.45) is 11.3 Å². The third-order valence-corrected chi connectivity index (χ3v) is 3.31. The number of hydrogen-bond donors (Lipinski definition) is 1. The molecular formula is C11H16O2. The van der Waals surface area contributed by atoms with E-state index in [4.69, 9.17) is 0 Å². The van der Waals surface area contributed by atoms with E-state index in [1.165, 1.54) is 0 Å². The Balaban J connectivity index is 2.35. The second-order valence-electron chi connectivity index (χ2n) is 4.79. The van der Waals surface area contributed by atoms with Crippen molar-refractivity contribution in [3.8, 4) is 0 Å². The van der Waals surface area contributed by atoms with Crippen LogP contribution in [-0.4, -0.2) is 17.0 Å². The van der Waals surface area contributed by atoms with Gasteiger partial charge >= 0.3 is 0 Å². The summed E-state index contributed by atoms with van der Waals surface area (Å²) in [7, 11) is 0. The summed E-state index contributed by atoms with van der Waals surface area (Å²) in [5, 5.41) is 9.97. The lowest BCUT2D eigenvalue weighted by Gasteiger charge is -2.28. The molecule has 2 rings (SSSR count). The summed E-state index contributed by atoms with van der Waals surface area (Å²) in [5.74, 6) is 0.372. The maximum atomic E-state index is 11.5. The van der Waals surface area contributed by atoms with Gasteiger partial charge in [0.2, 0.25) is 0 Å². The van der Waals surface area contributed by atoms with Crippen molar-refractivity contribution in [3.05, 3.63) is 11.6 Å². The average molecular weight is 180 g/mol. The molecule has 1 saturated carbocycles. The average Bonchev–Trinajstić information content (AvgIpc) is 2.28. The molecule has 2 heteroatoms. The Morgan fingerprint density at radius 1 is 1.54 bits per heavy atom. The Kier molecular flexibility index (Phi) is 1.84. The Morgan fingerprint density at radius 3 is 2.85 bits per heavy atom. The summed E-state index contributed by atoms with van der Waals surface area (Å²) in [6, 6.07) is 0. The van der Waals surface area contributed by atoms with Gasteiger partial charge in [0.25, 0.3) is 0 Å². The number of hydrogen-bond acceptors (Lipinski definition) is 2. The Morgan fingerprint density at radius 2 is 2.23 bits per heavy atom. The lowest BCUT2D eigenvalue weighted by atomic mass is 9.80. The summed E-state index contributed by atoms with van der Waals surface area (Å²) in [4.78, 5) is 11.5. The van der Waals surface area contributed by atoms with Crippen LogP contribution in [0.3, 0.4) is 0 Å². The number of aliphatic hydroxyl groups is 1. The molecule has 0 saturated heterocycles. The standard InChI is InChI=1S/C11H16O2/c1-11(2)6-8-7(10(11)13)4-3-5-9(8)12/h6-7,10,13H,3-5H2,1-2H3/t7-,10-/m0/s1. The van der Waals surface area contributed by atoms with E-state index in [9.17, 15) is 9.90 Å². The number of rotatable bonds is 0. The fraction of sp³-hybridized carbons (Fsp3) is 0.727. The number of ketones is 1. The van der Waals surface area contributed by atoms with Crippen LogP contribution in [0.4, 0.5) is 0 Å². The van der Waals surface area contributed by atoms with E-state index in [1.807, 2.05) is 19.9 Å². The number of carbonyl (C=O) groups excluding carboxylic acids is 1. The zero-order chi connectivity index (χ0) is 9.64. The molecule has 2 nitrogen and oxygen atoms in total. The molecule has 72 valence electrons. The fourth-order valence-corrected chi connectivity index (χ4v) is 2.51. The van der Waals surface area contributed by atoms with Gasteiger partial charge in [-0.2, -0.15) is 0 Å². The van der Waals surface area contributed by atoms with Crippen LogP contribution in [0, 0.1) is 11.3 Å². The minimum Gasteiger partial charge on any atom is -0.392 e. The molecule has 0 radical (unpaired) electrons. The molecule has 1 fully saturated rings. The first kappa shape index (κ1) is 8.95. The van der Waals surface area contributed by atoms with Gasteiger partial charge in [0, 0.05) is 17.8 Å². The molecule has 0 bridgehead atoms. The lowest BCUT2D eigenvalue weighted by molar-refractivity contribution is -0.117. The number of Topliss-reactive ketones (excluding diaryl/α,β-unsaturated/α-hetero) is 1. The lowest BCUT2D eigenvalue weighted by Crippen LogP contribution is -2.31. The number of fused-ring (bicyclic) bond motifs is 1. The summed E-state index contributed by atoms with van der Waals surface area (Å²) < 4.78 is 0. The van der Waals surface area contributed by atoms with Crippen molar-refractivity contribution in [3.63, 3.8) is 0 Å². The quantitative estimate of drug-likeness (QED) is 0.616. The number of carbonyl (C=O) groups is 1. The monoisotopic (exact) mass is 180 g/mol. The molecule has 13 heavy (non-hydrogen) atoms. The van der Waals surface area contributed by atoms with E-state index in [1.54, 1.807) is 0 Å². The van der Waals surface area contributed by atoms with Crippen LogP contribution >= 0.6 is 0 Å². The first-order valence-electron chi connectivity index (χ1n) is 4.96. The highest BCUT2D eigenvalue weighted by Gasteiger charge is 2.44. The predicted octanol–water partition coefficient (Wildman–Crippen LogP) is 1.68. The molecule has 2 aliphatic rings. The van der Waals surface area contributed by atoms with Crippen LogP contribution in [0.15, 0.2) is 11.6 Å². The topological polar surface area (TPSA) is 37.3 Å². The maximum absolute atomic E-state index is 11.5. The molecule has 0 aromatic carbocycles. The molecule has 0 amide bonds. The van der Waals surface area contributed by atoms with E-state index in [0.717, 1.165) is 18.4 Å². The second-order valence-corrected chi connectivity index (χ2v) is 4.79. The smallest absolute Gasteiger partial charge is 0.158 e. The highest BCUT2D eigenvalue weighted by molar-refractivity contribution is 5.97. The van der Waals surface area contributed by atoms with E-state index >= 15 is 0 Å². The van der Waals surface area contributed by atoms with Gasteiger partial charge in [-0.15, -0.1) is 0 Å². The molecule has 2 aliphatic carbocycles. The van der Waals surface area contributed by atoms with Crippen LogP contribution in [-0.2, 0) is 4.79 Å². The van der Waals surface area contributed by atoms with Crippen molar-refractivity contribution < 1.29 is 9.90 Å². The minimum absolute atomic E-state index is 0.122. The molecule has 0 heterocycles. The van der Waals surface area contributed by atoms with E-state index in [2.05, 4.69) is 0 Å². The summed E-state index contributed by atoms with van der Waals surface area (Å²) in [6.07, 6.45) is 4.21. The molecule has 1 N–H and O–H groups in total. The molecule has 0 aromatic rings. The van der Waals surface area contributed by atoms with Crippen LogP contribution < -0.4 is 0 Å². The third-order valence-electron chi connectivity index (χ3n) is 3.31. The second kappa shape index (κ2) is 2.68. The van der Waals surface area contributed by atoms with Crippen LogP contribution in [0.2, 0.25) is 0 Å². The van der Waals surface area contributed by atoms with E-state index in [0.29, 0.717) is 6.42 Å². The van der Waals surface area contributed by atoms with Gasteiger partial charge < -0.3 is 5.11 Å². The van der Waals surface area contributed by atoms with Crippen LogP contribution in [0.1, 0.15) is 33.1 Å². The maximum Gasteiger partial charge on any atom is 0.158 e. The molecule has 2 atom stereocenters. The van der Waals surface area contributed by atoms with Crippen molar-refractivity contribution >= 4 is 5.78 Å².